The Kier molecular flexibility index (Phi) is 12.9. The molecule has 0 bridgehead atoms. The number of carbonyl (C=O) groups is 1. The lowest BCUT2D eigenvalue weighted by atomic mass is 9.92. The van der Waals surface area contributed by atoms with Gasteiger partial charge in [-0.2, -0.15) is 26.3 Å². The summed E-state index contributed by atoms with van der Waals surface area (Å²) in [7, 11) is 0. The van der Waals surface area contributed by atoms with Crippen LogP contribution in [-0.4, -0.2) is 24.4 Å². The molecule has 4 rings (SSSR count). The van der Waals surface area contributed by atoms with Crippen LogP contribution in [0.2, 0.25) is 0 Å². The zero-order valence-corrected chi connectivity index (χ0v) is 27.3. The molecule has 1 amide bonds. The molecule has 0 saturated heterocycles. The van der Waals surface area contributed by atoms with E-state index in [9.17, 15) is 31.1 Å². The molecule has 0 aromatic heterocycles. The molecule has 1 N–H and O–H groups in total. The second-order valence-electron chi connectivity index (χ2n) is 11.2. The highest BCUT2D eigenvalue weighted by Gasteiger charge is 2.32. The Balaban J connectivity index is 1.55. The maximum atomic E-state index is 13.6. The van der Waals surface area contributed by atoms with E-state index in [0.29, 0.717) is 11.9 Å². The number of hydrogen-bond donors (Lipinski definition) is 1. The predicted octanol–water partition coefficient (Wildman–Crippen LogP) is 11.1. The summed E-state index contributed by atoms with van der Waals surface area (Å²) in [6.07, 6.45) is -2.25. The molecule has 0 fully saturated rings. The minimum Gasteiger partial charge on any atom is -0.491 e. The van der Waals surface area contributed by atoms with Crippen LogP contribution in [0, 0.1) is 0 Å². The van der Waals surface area contributed by atoms with Gasteiger partial charge in [-0.05, 0) is 72.4 Å². The number of hydrogen-bond acceptors (Lipinski definition) is 2. The minimum absolute atomic E-state index is 0.0758. The zero-order chi connectivity index (χ0) is 33.9. The Morgan fingerprint density at radius 1 is 0.660 bits per heavy atom. The highest BCUT2D eigenvalue weighted by molar-refractivity contribution is 9.09. The maximum absolute atomic E-state index is 13.6. The Morgan fingerprint density at radius 3 is 1.72 bits per heavy atom. The van der Waals surface area contributed by atoms with Gasteiger partial charge >= 0.3 is 12.4 Å². The van der Waals surface area contributed by atoms with Crippen molar-refractivity contribution in [2.24, 2.45) is 0 Å². The first-order chi connectivity index (χ1) is 22.5. The van der Waals surface area contributed by atoms with Gasteiger partial charge in [-0.25, -0.2) is 0 Å². The number of ether oxygens (including phenoxy) is 1. The fourth-order valence-electron chi connectivity index (χ4n) is 5.32. The van der Waals surface area contributed by atoms with Crippen LogP contribution >= 0.6 is 15.9 Å². The van der Waals surface area contributed by atoms with Crippen molar-refractivity contribution < 1.29 is 35.9 Å². The highest BCUT2D eigenvalue weighted by atomic mass is 79.9. The monoisotopic (exact) mass is 719 g/mol. The third-order valence-corrected chi connectivity index (χ3v) is 8.02. The quantitative estimate of drug-likeness (QED) is 0.0754. The predicted molar refractivity (Wildman–Crippen MR) is 177 cm³/mol. The van der Waals surface area contributed by atoms with E-state index in [4.69, 9.17) is 4.74 Å². The second kappa shape index (κ2) is 16.9. The Hall–Kier alpha value is -3.79. The van der Waals surface area contributed by atoms with Crippen molar-refractivity contribution in [2.45, 2.75) is 57.3 Å². The average molecular weight is 721 g/mol. The molecule has 47 heavy (non-hydrogen) atoms. The number of aryl methyl sites for hydroxylation is 1. The molecule has 0 spiro atoms. The van der Waals surface area contributed by atoms with Crippen LogP contribution in [0.4, 0.5) is 26.3 Å². The minimum atomic E-state index is -4.63. The smallest absolute Gasteiger partial charge is 0.416 e. The summed E-state index contributed by atoms with van der Waals surface area (Å²) >= 11 is 3.26. The molecule has 250 valence electrons. The van der Waals surface area contributed by atoms with Crippen molar-refractivity contribution in [3.63, 3.8) is 0 Å². The Morgan fingerprint density at radius 2 is 1.19 bits per heavy atom. The lowest BCUT2D eigenvalue weighted by Gasteiger charge is -2.20. The van der Waals surface area contributed by atoms with Gasteiger partial charge in [0.05, 0.1) is 17.7 Å². The van der Waals surface area contributed by atoms with E-state index in [1.54, 1.807) is 0 Å². The van der Waals surface area contributed by atoms with Crippen LogP contribution < -0.4 is 10.1 Å². The van der Waals surface area contributed by atoms with Crippen molar-refractivity contribution in [2.75, 3.05) is 18.5 Å². The molecule has 0 heterocycles. The Bertz CT molecular complexity index is 1530. The number of alkyl halides is 7. The second-order valence-corrected chi connectivity index (χ2v) is 12.0. The van der Waals surface area contributed by atoms with Crippen molar-refractivity contribution in [3.8, 4) is 28.0 Å². The fourth-order valence-corrected chi connectivity index (χ4v) is 5.48. The molecule has 0 radical (unpaired) electrons. The fraction of sp³-hybridized carbons (Fsp3) is 0.324. The molecular formula is C37H36BrF6NO2. The van der Waals surface area contributed by atoms with Gasteiger partial charge in [0.25, 0.3) is 5.91 Å². The number of carbonyl (C=O) groups excluding carboxylic acids is 1. The molecule has 0 aliphatic carbocycles. The van der Waals surface area contributed by atoms with Crippen molar-refractivity contribution in [1.82, 2.24) is 5.32 Å². The van der Waals surface area contributed by atoms with Gasteiger partial charge in [0.1, 0.15) is 5.75 Å². The van der Waals surface area contributed by atoms with Gasteiger partial charge in [-0.1, -0.05) is 96.2 Å². The third kappa shape index (κ3) is 10.6. The van der Waals surface area contributed by atoms with Crippen molar-refractivity contribution in [1.29, 1.82) is 0 Å². The molecule has 0 aliphatic heterocycles. The van der Waals surface area contributed by atoms with Crippen molar-refractivity contribution >= 4 is 21.8 Å². The van der Waals surface area contributed by atoms with Gasteiger partial charge < -0.3 is 10.1 Å². The molecule has 0 unspecified atom stereocenters. The summed E-state index contributed by atoms with van der Waals surface area (Å²) in [5.74, 6) is -0.409. The highest BCUT2D eigenvalue weighted by Crippen LogP contribution is 2.43. The molecule has 4 aromatic rings. The van der Waals surface area contributed by atoms with Crippen LogP contribution in [0.1, 0.15) is 65.6 Å². The lowest BCUT2D eigenvalue weighted by molar-refractivity contribution is -0.138. The van der Waals surface area contributed by atoms with Gasteiger partial charge in [-0.3, -0.25) is 4.79 Å². The van der Waals surface area contributed by atoms with Crippen LogP contribution in [0.15, 0.2) is 91.0 Å². The SMILES string of the molecule is O=C(NCCCCCCCCc1ccccc1)c1cc(-c2cccc(C(F)(F)F)c2)c(OCCBr)c(-c2cccc(C(F)(F)F)c2)c1. The zero-order valence-electron chi connectivity index (χ0n) is 25.7. The van der Waals surface area contributed by atoms with Gasteiger partial charge in [0, 0.05) is 28.6 Å². The Labute approximate surface area is 279 Å². The summed E-state index contributed by atoms with van der Waals surface area (Å²) in [6, 6.07) is 22.3. The number of rotatable bonds is 15. The number of unbranched alkanes of at least 4 members (excludes halogenated alkanes) is 5. The van der Waals surface area contributed by atoms with E-state index in [-0.39, 0.29) is 40.2 Å². The maximum Gasteiger partial charge on any atom is 0.416 e. The molecule has 4 aromatic carbocycles. The summed E-state index contributed by atoms with van der Waals surface area (Å²) < 4.78 is 87.8. The summed E-state index contributed by atoms with van der Waals surface area (Å²) in [4.78, 5) is 13.4. The lowest BCUT2D eigenvalue weighted by Crippen LogP contribution is -2.24. The van der Waals surface area contributed by atoms with E-state index in [2.05, 4.69) is 33.4 Å². The standard InChI is InChI=1S/C37H36BrF6NO2/c38-19-21-47-34-32(27-15-10-17-30(22-27)36(39,40)41)24-29(25-33(34)28-16-11-18-31(23-28)37(42,43)44)35(46)45-20-9-4-2-1-3-6-12-26-13-7-5-8-14-26/h5,7-8,10-11,13-18,22-25H,1-4,6,9,12,19-21H2,(H,45,46). The van der Waals surface area contributed by atoms with E-state index < -0.39 is 29.4 Å². The van der Waals surface area contributed by atoms with Crippen LogP contribution in [0.3, 0.4) is 0 Å². The van der Waals surface area contributed by atoms with Crippen molar-refractivity contribution in [3.05, 3.63) is 113 Å². The van der Waals surface area contributed by atoms with E-state index >= 15 is 0 Å². The summed E-state index contributed by atoms with van der Waals surface area (Å²) in [6.45, 7) is 0.457. The first kappa shape index (κ1) is 36.1. The number of halogens is 7. The van der Waals surface area contributed by atoms with Crippen LogP contribution in [0.25, 0.3) is 22.3 Å². The first-order valence-electron chi connectivity index (χ1n) is 15.5. The van der Waals surface area contributed by atoms with Crippen LogP contribution in [0.5, 0.6) is 5.75 Å². The third-order valence-electron chi connectivity index (χ3n) is 7.70. The summed E-state index contributed by atoms with van der Waals surface area (Å²) in [5, 5.41) is 3.22. The molecule has 10 heteroatoms. The molecule has 3 nitrogen and oxygen atoms in total. The first-order valence-corrected chi connectivity index (χ1v) is 16.6. The normalized spacial score (nSPS) is 11.8. The van der Waals surface area contributed by atoms with Crippen LogP contribution in [-0.2, 0) is 18.8 Å². The van der Waals surface area contributed by atoms with E-state index in [0.717, 1.165) is 69.2 Å². The van der Waals surface area contributed by atoms with Gasteiger partial charge in [0.15, 0.2) is 0 Å². The molecule has 0 aliphatic rings. The summed E-state index contributed by atoms with van der Waals surface area (Å²) in [5.41, 5.74) is 0.149. The van der Waals surface area contributed by atoms with Gasteiger partial charge in [0.2, 0.25) is 0 Å². The number of nitrogens with one attached hydrogen (secondary N) is 1. The molecule has 0 saturated carbocycles. The number of benzene rings is 4. The molecule has 0 atom stereocenters. The molecular weight excluding hydrogens is 684 g/mol. The average Bonchev–Trinajstić information content (AvgIpc) is 3.06. The van der Waals surface area contributed by atoms with E-state index in [1.807, 2.05) is 18.2 Å². The topological polar surface area (TPSA) is 38.3 Å². The number of amides is 1. The van der Waals surface area contributed by atoms with Gasteiger partial charge in [-0.15, -0.1) is 0 Å². The van der Waals surface area contributed by atoms with E-state index in [1.165, 1.54) is 42.0 Å². The largest absolute Gasteiger partial charge is 0.491 e.